The number of nitrogens with zero attached hydrogens (tertiary/aromatic N) is 7. The number of ether oxygens (including phenoxy) is 4. The van der Waals surface area contributed by atoms with Gasteiger partial charge in [0.1, 0.15) is 71.9 Å². The molecule has 11 rings (SSSR count). The predicted molar refractivity (Wildman–Crippen MR) is 438 cm³/mol. The number of alkyl halides is 3. The summed E-state index contributed by atoms with van der Waals surface area (Å²) < 4.78 is 74.9. The monoisotopic (exact) mass is 1730 g/mol. The van der Waals surface area contributed by atoms with Gasteiger partial charge in [0.25, 0.3) is 0 Å². The fourth-order valence-electron chi connectivity index (χ4n) is 15.6. The lowest BCUT2D eigenvalue weighted by Gasteiger charge is -2.37. The number of nitrogens with one attached hydrogen (secondary N) is 8. The number of carboxylic acids is 1. The Morgan fingerprint density at radius 2 is 1.41 bits per heavy atom. The lowest BCUT2D eigenvalue weighted by atomic mass is 9.89. The number of Topliss-reactive ketones (excluding diaryl/α,β-unsaturated/α-hetero) is 2. The minimum absolute atomic E-state index is 0.0151. The van der Waals surface area contributed by atoms with Crippen LogP contribution in [0, 0.1) is 17.7 Å². The molecule has 5 aliphatic heterocycles. The minimum Gasteiger partial charge on any atom is -0.497 e. The largest absolute Gasteiger partial charge is 0.497 e. The van der Waals surface area contributed by atoms with Gasteiger partial charge in [-0.05, 0) is 123 Å². The van der Waals surface area contributed by atoms with Crippen LogP contribution in [0.15, 0.2) is 103 Å². The number of carbonyl (C=O) groups excluding carboxylic acids is 12. The van der Waals surface area contributed by atoms with Crippen LogP contribution >= 0.6 is 0 Å². The van der Waals surface area contributed by atoms with E-state index in [1.54, 1.807) is 77.1 Å². The van der Waals surface area contributed by atoms with E-state index in [-0.39, 0.29) is 128 Å². The summed E-state index contributed by atoms with van der Waals surface area (Å²) in [5.41, 5.74) is 2.82. The van der Waals surface area contributed by atoms with Crippen LogP contribution in [-0.2, 0) is 128 Å². The van der Waals surface area contributed by atoms with E-state index in [0.29, 0.717) is 63.1 Å². The van der Waals surface area contributed by atoms with Crippen molar-refractivity contribution in [3.8, 4) is 5.75 Å². The first-order valence-corrected chi connectivity index (χ1v) is 41.4. The first kappa shape index (κ1) is 94.6. The zero-order chi connectivity index (χ0) is 89.7. The molecule has 38 heteroatoms. The Morgan fingerprint density at radius 3 is 2.12 bits per heavy atom. The summed E-state index contributed by atoms with van der Waals surface area (Å²) in [5, 5.41) is 50.6. The molecule has 11 atom stereocenters. The first-order valence-electron chi connectivity index (χ1n) is 41.4. The van der Waals surface area contributed by atoms with Crippen LogP contribution in [0.5, 0.6) is 5.75 Å². The second kappa shape index (κ2) is 43.1. The maximum absolute atomic E-state index is 16.3. The van der Waals surface area contributed by atoms with Crippen LogP contribution in [0.3, 0.4) is 0 Å². The van der Waals surface area contributed by atoms with Crippen molar-refractivity contribution in [3.63, 3.8) is 0 Å². The second-order valence-electron chi connectivity index (χ2n) is 33.1. The third-order valence-corrected chi connectivity index (χ3v) is 22.6. The summed E-state index contributed by atoms with van der Waals surface area (Å²) in [4.78, 5) is 191. The second-order valence-corrected chi connectivity index (χ2v) is 33.1. The Hall–Kier alpha value is -11.6. The normalized spacial score (nSPS) is 24.0. The molecule has 0 radical (unpaired) electrons. The van der Waals surface area contributed by atoms with E-state index in [4.69, 9.17) is 28.8 Å². The van der Waals surface area contributed by atoms with E-state index in [9.17, 15) is 47.0 Å². The van der Waals surface area contributed by atoms with Crippen molar-refractivity contribution in [2.24, 2.45) is 11.8 Å². The number of carbonyl (C=O) groups is 13. The number of ketones is 2. The molecule has 2 fully saturated rings. The van der Waals surface area contributed by atoms with Crippen LogP contribution in [0.1, 0.15) is 111 Å². The third kappa shape index (κ3) is 26.5. The van der Waals surface area contributed by atoms with Crippen molar-refractivity contribution in [1.82, 2.24) is 71.9 Å². The topological polar surface area (TPSA) is 438 Å². The number of aliphatic hydroxyl groups is 1. The average molecular weight is 1730 g/mol. The summed E-state index contributed by atoms with van der Waals surface area (Å²) in [7, 11) is 7.60. The van der Waals surface area contributed by atoms with E-state index in [1.807, 2.05) is 45.4 Å². The van der Waals surface area contributed by atoms with E-state index >= 15 is 33.2 Å². The van der Waals surface area contributed by atoms with Gasteiger partial charge < -0.3 is 90.5 Å². The van der Waals surface area contributed by atoms with Gasteiger partial charge in [0.2, 0.25) is 59.1 Å². The molecule has 0 saturated carbocycles. The summed E-state index contributed by atoms with van der Waals surface area (Å²) >= 11 is 0. The maximum atomic E-state index is 16.3. The highest BCUT2D eigenvalue weighted by molar-refractivity contribution is 6.00. The van der Waals surface area contributed by atoms with Crippen LogP contribution in [-0.4, -0.2) is 275 Å². The first-order chi connectivity index (χ1) is 58.9. The SMILES string of the molecule is COc1ccc(C[C@@H]2NC(=O)[C@H]([C@@H](C)O)NC(=O)[C@@H]3[C@@H]4CCN3C(=O)[C@@H]3Cc5cn(c6ccc(F)cc56)Cc5cn(nn5)CCC(Cc5cccc(c5)CCNC(=O)[C@]5(C)CCCN5C2=O)C(=O)CCC(=O)N[C@@H](C)C(=O)C[C@H](CNC(=O)CCOCCOCC[N+](C)(C)C)C(=O)N[C@@H](Cc2cccc(c2)CNC(=O)CO4)C(=O)N3)cc1.O=C(O)C(F)(F)F. The van der Waals surface area contributed by atoms with Crippen LogP contribution in [0.25, 0.3) is 10.9 Å². The minimum atomic E-state index is -5.08. The number of aromatic nitrogens is 4. The number of aliphatic hydroxyl groups excluding tert-OH is 1. The highest BCUT2D eigenvalue weighted by Crippen LogP contribution is 2.33. The molecular weight excluding hydrogens is 1620 g/mol. The number of amides is 10. The lowest BCUT2D eigenvalue weighted by molar-refractivity contribution is -0.870. The van der Waals surface area contributed by atoms with Crippen molar-refractivity contribution in [1.29, 1.82) is 0 Å². The van der Waals surface area contributed by atoms with Gasteiger partial charge in [0, 0.05) is 107 Å². The molecule has 1 unspecified atom stereocenters. The van der Waals surface area contributed by atoms with Crippen molar-refractivity contribution in [2.45, 2.75) is 184 Å². The number of likely N-dealkylation sites (N-methyl/N-ethyl adjacent to an activating group) is 1. The number of aliphatic carboxylic acids is 1. The molecule has 5 aliphatic rings. The molecule has 124 heavy (non-hydrogen) atoms. The molecule has 2 aromatic heterocycles. The average Bonchev–Trinajstić information content (AvgIpc) is 1.75. The highest BCUT2D eigenvalue weighted by Gasteiger charge is 2.50. The van der Waals surface area contributed by atoms with E-state index < -0.39 is 175 Å². The summed E-state index contributed by atoms with van der Waals surface area (Å²) in [6.07, 6.45) is -5.79. The quantitative estimate of drug-likeness (QED) is 0.0399. The van der Waals surface area contributed by atoms with Gasteiger partial charge in [0.05, 0.1) is 91.6 Å². The predicted octanol–water partition coefficient (Wildman–Crippen LogP) is 2.02. The third-order valence-electron chi connectivity index (χ3n) is 22.6. The number of hydrogen-bond donors (Lipinski definition) is 10. The summed E-state index contributed by atoms with van der Waals surface area (Å²) in [5.74, 6) is -14.0. The van der Waals surface area contributed by atoms with Crippen LogP contribution in [0.2, 0.25) is 0 Å². The van der Waals surface area contributed by atoms with Gasteiger partial charge in [-0.2, -0.15) is 13.2 Å². The highest BCUT2D eigenvalue weighted by atomic mass is 19.4. The molecule has 10 amide bonds. The number of halogens is 4. The smallest absolute Gasteiger partial charge is 0.490 e. The van der Waals surface area contributed by atoms with Crippen molar-refractivity contribution >= 4 is 87.5 Å². The van der Waals surface area contributed by atoms with Crippen molar-refractivity contribution in [3.05, 3.63) is 148 Å². The molecule has 6 aromatic rings. The number of carboxylic acid groups (broad SMARTS) is 1. The zero-order valence-electron chi connectivity index (χ0n) is 70.5. The number of methoxy groups -OCH3 is 1. The molecule has 4 aromatic carbocycles. The van der Waals surface area contributed by atoms with Gasteiger partial charge in [0.15, 0.2) is 5.78 Å². The Bertz CT molecular complexity index is 4840. The lowest BCUT2D eigenvalue weighted by Crippen LogP contribution is -2.64. The Kier molecular flexibility index (Phi) is 32.9. The molecule has 7 heterocycles. The maximum Gasteiger partial charge on any atom is 0.490 e. The molecule has 14 bridgehead atoms. The van der Waals surface area contributed by atoms with E-state index in [2.05, 4.69) is 52.8 Å². The van der Waals surface area contributed by atoms with Crippen molar-refractivity contribution < 1.29 is 114 Å². The van der Waals surface area contributed by atoms with Crippen molar-refractivity contribution in [2.75, 3.05) is 94.0 Å². The van der Waals surface area contributed by atoms with Gasteiger partial charge >= 0.3 is 12.1 Å². The molecule has 670 valence electrons. The Balaban J connectivity index is 0.00000220. The van der Waals surface area contributed by atoms with Gasteiger partial charge in [-0.1, -0.05) is 65.9 Å². The fraction of sp³-hybridized carbons (Fsp3) is 0.523. The molecule has 0 spiro atoms. The van der Waals surface area contributed by atoms with Crippen LogP contribution < -0.4 is 47.3 Å². The number of benzene rings is 4. The number of fused-ring (bicyclic) bond motifs is 10. The molecule has 10 N–H and O–H groups in total. The Morgan fingerprint density at radius 1 is 0.718 bits per heavy atom. The van der Waals surface area contributed by atoms with Gasteiger partial charge in [-0.3, -0.25) is 62.2 Å². The van der Waals surface area contributed by atoms with Gasteiger partial charge in [-0.25, -0.2) is 9.18 Å². The van der Waals surface area contributed by atoms with Gasteiger partial charge in [-0.15, -0.1) is 5.10 Å². The van der Waals surface area contributed by atoms with Crippen LogP contribution in [0.4, 0.5) is 17.6 Å². The number of quaternary nitrogens is 1. The molecular formula is C86H110F4N15O19+. The molecule has 34 nitrogen and oxygen atoms in total. The zero-order valence-corrected chi connectivity index (χ0v) is 70.5. The van der Waals surface area contributed by atoms with E-state index in [1.165, 1.54) is 44.1 Å². The molecule has 2 saturated heterocycles. The number of aryl methyl sites for hydroxylation is 1. The summed E-state index contributed by atoms with van der Waals surface area (Å²) in [6, 6.07) is 15.3. The fourth-order valence-corrected chi connectivity index (χ4v) is 15.6. The summed E-state index contributed by atoms with van der Waals surface area (Å²) in [6.45, 7) is 4.87. The number of hydrogen-bond acceptors (Lipinski definition) is 20. The Labute approximate surface area is 713 Å². The standard InChI is InChI=1S/C84H108FN15O17.C2HF3O2/c1-51-70(103)43-59(46-88-72(104)26-33-115-35-36-116-34-32-100(4,5)6)77(107)90-65-41-56-13-9-14-57(38-56)45-87-74(106)50-117-71-25-31-98-76(71)80(110)93-75(52(2)101)79(109)92-66(40-54-15-18-63(114-7)19-16-54)82(112)99-29-10-27-84(99,3)83(113)86-28-23-53-11-8-12-55(37-53)39-58(69(102)21-22-73(105)89-51)24-30-97-49-62(94-95-97)48-96-47-60(42-67(81(98)111)91-78(65)108)64-44-61(85)17-20-68(64)96;3-2(4,5)1(6)7/h8-9,11-20,37-38,44,47,49,51-52,58-59,65-67,71,75-76,101H,10,21-36,39-43,45-46,48,50H2,1-7H3,(H7-,86,87,88,89,90,91,92,93,104,105,106,107,108,109,110,113);(H,6,7)/p+1/t51-,52+,58?,59+,65-,66-,67-,71-,75-,76-,84-;/m0./s1. The van der Waals surface area contributed by atoms with E-state index in [0.717, 1.165) is 22.6 Å². The molecule has 0 aliphatic carbocycles. The number of rotatable bonds is 15.